The number of hydrogen-bond donors (Lipinski definition) is 3. The molecule has 138 valence electrons. The van der Waals surface area contributed by atoms with E-state index in [2.05, 4.69) is 10.2 Å². The van der Waals surface area contributed by atoms with Gasteiger partial charge in [-0.05, 0) is 38.7 Å². The van der Waals surface area contributed by atoms with Gasteiger partial charge in [0.05, 0.1) is 6.42 Å². The summed E-state index contributed by atoms with van der Waals surface area (Å²) >= 11 is 0. The van der Waals surface area contributed by atoms with Gasteiger partial charge in [-0.1, -0.05) is 18.2 Å². The molecule has 1 aromatic rings. The van der Waals surface area contributed by atoms with Crippen LogP contribution >= 0.6 is 0 Å². The Labute approximate surface area is 149 Å². The highest BCUT2D eigenvalue weighted by molar-refractivity contribution is 5.68. The van der Waals surface area contributed by atoms with Crippen LogP contribution in [0.25, 0.3) is 0 Å². The monoisotopic (exact) mass is 347 g/mol. The summed E-state index contributed by atoms with van der Waals surface area (Å²) in [6.45, 7) is 2.21. The van der Waals surface area contributed by atoms with Crippen molar-refractivity contribution in [3.8, 4) is 5.75 Å². The Balaban J connectivity index is 2.02. The van der Waals surface area contributed by atoms with Crippen molar-refractivity contribution < 1.29 is 14.6 Å². The lowest BCUT2D eigenvalue weighted by Gasteiger charge is -2.52. The Morgan fingerprint density at radius 2 is 2.24 bits per heavy atom. The number of carboxylic acids is 1. The first-order valence-electron chi connectivity index (χ1n) is 9.04. The zero-order valence-electron chi connectivity index (χ0n) is 15.1. The van der Waals surface area contributed by atoms with Crippen molar-refractivity contribution >= 4 is 5.97 Å². The van der Waals surface area contributed by atoms with Crippen molar-refractivity contribution in [2.75, 3.05) is 33.7 Å². The first-order chi connectivity index (χ1) is 12.0. The van der Waals surface area contributed by atoms with Crippen molar-refractivity contribution in [3.63, 3.8) is 0 Å². The number of carbonyl (C=O) groups is 1. The normalized spacial score (nSPS) is 29.4. The maximum absolute atomic E-state index is 11.6. The standard InChI is InChI=1S/C19H29N3O3/c1-22(2)13(11-20)10-19-7-8-21-12-16(19)15(9-18(23)24)14-5-3-4-6-17(14)25-19/h3-6,13,15-16,21H,7-12,20H2,1-2H3,(H,23,24). The molecule has 3 rings (SSSR count). The van der Waals surface area contributed by atoms with E-state index in [0.29, 0.717) is 6.54 Å². The van der Waals surface area contributed by atoms with E-state index in [1.54, 1.807) is 0 Å². The summed E-state index contributed by atoms with van der Waals surface area (Å²) in [5.74, 6) is 0.155. The van der Waals surface area contributed by atoms with Gasteiger partial charge in [-0.2, -0.15) is 0 Å². The number of nitrogens with two attached hydrogens (primary N) is 1. The van der Waals surface area contributed by atoms with Gasteiger partial charge >= 0.3 is 5.97 Å². The Morgan fingerprint density at radius 1 is 1.48 bits per heavy atom. The summed E-state index contributed by atoms with van der Waals surface area (Å²) in [6, 6.07) is 8.10. The second-order valence-electron chi connectivity index (χ2n) is 7.53. The molecule has 1 aromatic carbocycles. The Bertz CT molecular complexity index is 622. The molecule has 2 aliphatic heterocycles. The average Bonchev–Trinajstić information content (AvgIpc) is 2.58. The number of rotatable bonds is 6. The largest absolute Gasteiger partial charge is 0.487 e. The van der Waals surface area contributed by atoms with Gasteiger partial charge in [0.25, 0.3) is 0 Å². The quantitative estimate of drug-likeness (QED) is 0.718. The number of fused-ring (bicyclic) bond motifs is 2. The molecule has 2 heterocycles. The third-order valence-electron chi connectivity index (χ3n) is 5.86. The number of hydrogen-bond acceptors (Lipinski definition) is 5. The molecule has 1 fully saturated rings. The van der Waals surface area contributed by atoms with Crippen LogP contribution in [0.2, 0.25) is 0 Å². The summed E-state index contributed by atoms with van der Waals surface area (Å²) in [4.78, 5) is 13.7. The molecule has 25 heavy (non-hydrogen) atoms. The number of likely N-dealkylation sites (N-methyl/N-ethyl adjacent to an activating group) is 1. The molecule has 4 N–H and O–H groups in total. The Morgan fingerprint density at radius 3 is 2.92 bits per heavy atom. The molecule has 4 unspecified atom stereocenters. The highest BCUT2D eigenvalue weighted by Crippen LogP contribution is 2.50. The predicted octanol–water partition coefficient (Wildman–Crippen LogP) is 1.26. The summed E-state index contributed by atoms with van der Waals surface area (Å²) in [7, 11) is 4.07. The number of benzene rings is 1. The second kappa shape index (κ2) is 7.32. The molecule has 0 bridgehead atoms. The molecule has 0 aliphatic carbocycles. The lowest BCUT2D eigenvalue weighted by molar-refractivity contribution is -0.139. The number of ether oxygens (including phenoxy) is 1. The molecule has 4 atom stereocenters. The zero-order valence-corrected chi connectivity index (χ0v) is 15.1. The minimum absolute atomic E-state index is 0.0455. The number of nitrogens with one attached hydrogen (secondary N) is 1. The lowest BCUT2D eigenvalue weighted by atomic mass is 9.66. The smallest absolute Gasteiger partial charge is 0.303 e. The number of aliphatic carboxylic acids is 1. The van der Waals surface area contributed by atoms with Gasteiger partial charge in [0.2, 0.25) is 0 Å². The molecule has 0 aromatic heterocycles. The SMILES string of the molecule is CN(C)C(CN)CC12CCNCC1C(CC(=O)O)c1ccccc1O2. The van der Waals surface area contributed by atoms with Crippen LogP contribution in [0, 0.1) is 5.92 Å². The fourth-order valence-corrected chi connectivity index (χ4v) is 4.49. The number of carboxylic acid groups (broad SMARTS) is 1. The van der Waals surface area contributed by atoms with Crippen molar-refractivity contribution in [1.29, 1.82) is 0 Å². The van der Waals surface area contributed by atoms with Crippen LogP contribution in [0.5, 0.6) is 5.75 Å². The maximum atomic E-state index is 11.6. The summed E-state index contributed by atoms with van der Waals surface area (Å²) < 4.78 is 6.60. The van der Waals surface area contributed by atoms with Gasteiger partial charge in [0, 0.05) is 37.4 Å². The van der Waals surface area contributed by atoms with Crippen LogP contribution in [-0.2, 0) is 4.79 Å². The Kier molecular flexibility index (Phi) is 5.32. The minimum Gasteiger partial charge on any atom is -0.487 e. The van der Waals surface area contributed by atoms with Crippen molar-refractivity contribution in [2.24, 2.45) is 11.7 Å². The summed E-state index contributed by atoms with van der Waals surface area (Å²) in [5, 5.41) is 12.9. The van der Waals surface area contributed by atoms with Crippen molar-refractivity contribution in [3.05, 3.63) is 29.8 Å². The van der Waals surface area contributed by atoms with Gasteiger partial charge < -0.3 is 25.8 Å². The third kappa shape index (κ3) is 3.52. The highest BCUT2D eigenvalue weighted by Gasteiger charge is 2.52. The first-order valence-corrected chi connectivity index (χ1v) is 9.04. The predicted molar refractivity (Wildman–Crippen MR) is 96.9 cm³/mol. The van der Waals surface area contributed by atoms with Gasteiger partial charge in [-0.25, -0.2) is 0 Å². The average molecular weight is 347 g/mol. The van der Waals surface area contributed by atoms with Crippen LogP contribution in [0.1, 0.15) is 30.7 Å². The van der Waals surface area contributed by atoms with E-state index in [9.17, 15) is 9.90 Å². The van der Waals surface area contributed by atoms with E-state index in [4.69, 9.17) is 10.5 Å². The van der Waals surface area contributed by atoms with E-state index in [1.165, 1.54) is 0 Å². The van der Waals surface area contributed by atoms with Crippen molar-refractivity contribution in [1.82, 2.24) is 10.2 Å². The molecule has 6 nitrogen and oxygen atoms in total. The molecule has 2 aliphatic rings. The first kappa shape index (κ1) is 18.2. The number of nitrogens with zero attached hydrogens (tertiary/aromatic N) is 1. The highest BCUT2D eigenvalue weighted by atomic mass is 16.5. The van der Waals surface area contributed by atoms with Crippen LogP contribution in [0.15, 0.2) is 24.3 Å². The maximum Gasteiger partial charge on any atom is 0.303 e. The van der Waals surface area contributed by atoms with Gasteiger partial charge in [0.15, 0.2) is 0 Å². The third-order valence-corrected chi connectivity index (χ3v) is 5.86. The van der Waals surface area contributed by atoms with Gasteiger partial charge in [-0.15, -0.1) is 0 Å². The van der Waals surface area contributed by atoms with Crippen LogP contribution < -0.4 is 15.8 Å². The topological polar surface area (TPSA) is 87.8 Å². The molecule has 1 saturated heterocycles. The number of piperidine rings is 1. The molecule has 6 heteroatoms. The van der Waals surface area contributed by atoms with Gasteiger partial charge in [-0.3, -0.25) is 4.79 Å². The lowest BCUT2D eigenvalue weighted by Crippen LogP contribution is -2.60. The molecular formula is C19H29N3O3. The van der Waals surface area contributed by atoms with E-state index in [0.717, 1.165) is 37.2 Å². The van der Waals surface area contributed by atoms with Gasteiger partial charge in [0.1, 0.15) is 11.4 Å². The van der Waals surface area contributed by atoms with Crippen LogP contribution in [0.4, 0.5) is 0 Å². The van der Waals surface area contributed by atoms with Crippen LogP contribution in [-0.4, -0.2) is 61.3 Å². The zero-order chi connectivity index (χ0) is 18.0. The van der Waals surface area contributed by atoms with E-state index < -0.39 is 5.97 Å². The molecule has 0 amide bonds. The van der Waals surface area contributed by atoms with Crippen molar-refractivity contribution in [2.45, 2.75) is 36.8 Å². The van der Waals surface area contributed by atoms with E-state index >= 15 is 0 Å². The summed E-state index contributed by atoms with van der Waals surface area (Å²) in [6.07, 6.45) is 1.81. The fraction of sp³-hybridized carbons (Fsp3) is 0.632. The summed E-state index contributed by atoms with van der Waals surface area (Å²) in [5.41, 5.74) is 6.66. The molecule has 0 radical (unpaired) electrons. The second-order valence-corrected chi connectivity index (χ2v) is 7.53. The fourth-order valence-electron chi connectivity index (χ4n) is 4.49. The number of para-hydroxylation sites is 1. The minimum atomic E-state index is -0.760. The molecule has 0 spiro atoms. The Hall–Kier alpha value is -1.63. The molecular weight excluding hydrogens is 318 g/mol. The van der Waals surface area contributed by atoms with E-state index in [1.807, 2.05) is 38.4 Å². The van der Waals surface area contributed by atoms with E-state index in [-0.39, 0.29) is 29.9 Å². The molecule has 0 saturated carbocycles. The van der Waals surface area contributed by atoms with Crippen LogP contribution in [0.3, 0.4) is 0 Å².